The van der Waals surface area contributed by atoms with Crippen molar-refractivity contribution in [3.63, 3.8) is 0 Å². The quantitative estimate of drug-likeness (QED) is 0.473. The molecule has 0 bridgehead atoms. The molecule has 0 N–H and O–H groups in total. The van der Waals surface area contributed by atoms with Gasteiger partial charge in [-0.05, 0) is 18.6 Å². The smallest absolute Gasteiger partial charge is 0.466 e. The maximum Gasteiger partial charge on any atom is 0.573 e. The normalized spacial score (nSPS) is 11.0. The molecule has 110 valence electrons. The van der Waals surface area contributed by atoms with Crippen molar-refractivity contribution in [1.29, 1.82) is 0 Å². The van der Waals surface area contributed by atoms with Crippen LogP contribution in [0.25, 0.3) is 0 Å². The molecule has 1 aromatic rings. The van der Waals surface area contributed by atoms with Crippen molar-refractivity contribution in [2.45, 2.75) is 19.7 Å². The van der Waals surface area contributed by atoms with E-state index >= 15 is 0 Å². The van der Waals surface area contributed by atoms with Gasteiger partial charge in [-0.2, -0.15) is 0 Å². The van der Waals surface area contributed by atoms with Crippen molar-refractivity contribution in [3.05, 3.63) is 33.9 Å². The summed E-state index contributed by atoms with van der Waals surface area (Å²) in [5, 5.41) is 10.6. The molecular formula is C11H10F3NO5. The molecule has 0 heterocycles. The molecule has 0 saturated heterocycles. The fourth-order valence-electron chi connectivity index (χ4n) is 1.42. The molecule has 0 atom stereocenters. The minimum atomic E-state index is -4.98. The molecule has 0 radical (unpaired) electrons. The average molecular weight is 293 g/mol. The van der Waals surface area contributed by atoms with Gasteiger partial charge < -0.3 is 9.47 Å². The predicted molar refractivity (Wildman–Crippen MR) is 60.1 cm³/mol. The summed E-state index contributed by atoms with van der Waals surface area (Å²) in [5.74, 6) is -1.46. The van der Waals surface area contributed by atoms with Gasteiger partial charge in [0, 0.05) is 6.07 Å². The molecule has 1 rings (SSSR count). The zero-order chi connectivity index (χ0) is 15.3. The third-order valence-electron chi connectivity index (χ3n) is 2.05. The van der Waals surface area contributed by atoms with Crippen LogP contribution in [0.3, 0.4) is 0 Å². The highest BCUT2D eigenvalue weighted by Crippen LogP contribution is 2.28. The molecule has 9 heteroatoms. The number of halogens is 3. The topological polar surface area (TPSA) is 78.7 Å². The minimum absolute atomic E-state index is 0.00287. The van der Waals surface area contributed by atoms with E-state index in [0.29, 0.717) is 6.07 Å². The van der Waals surface area contributed by atoms with Crippen LogP contribution >= 0.6 is 0 Å². The first-order valence-corrected chi connectivity index (χ1v) is 5.41. The Morgan fingerprint density at radius 3 is 2.50 bits per heavy atom. The summed E-state index contributed by atoms with van der Waals surface area (Å²) in [6.07, 6.45) is -5.36. The summed E-state index contributed by atoms with van der Waals surface area (Å²) in [5.41, 5.74) is -0.608. The Balaban J connectivity index is 3.04. The lowest BCUT2D eigenvalue weighted by Gasteiger charge is -2.10. The highest BCUT2D eigenvalue weighted by Gasteiger charge is 2.32. The molecule has 0 unspecified atom stereocenters. The van der Waals surface area contributed by atoms with E-state index in [4.69, 9.17) is 0 Å². The lowest BCUT2D eigenvalue weighted by Crippen LogP contribution is -2.17. The summed E-state index contributed by atoms with van der Waals surface area (Å²) < 4.78 is 44.5. The first-order chi connectivity index (χ1) is 9.21. The maximum absolute atomic E-state index is 12.1. The second-order valence-electron chi connectivity index (χ2n) is 3.62. The number of carbonyl (C=O) groups excluding carboxylic acids is 1. The van der Waals surface area contributed by atoms with Crippen LogP contribution < -0.4 is 4.74 Å². The average Bonchev–Trinajstić information content (AvgIpc) is 2.26. The van der Waals surface area contributed by atoms with E-state index in [1.165, 1.54) is 0 Å². The van der Waals surface area contributed by atoms with Gasteiger partial charge in [-0.3, -0.25) is 14.9 Å². The van der Waals surface area contributed by atoms with Crippen molar-refractivity contribution < 1.29 is 32.4 Å². The molecule has 0 amide bonds. The van der Waals surface area contributed by atoms with Crippen LogP contribution in [-0.2, 0) is 16.0 Å². The van der Waals surface area contributed by atoms with E-state index in [-0.39, 0.29) is 18.6 Å². The highest BCUT2D eigenvalue weighted by molar-refractivity contribution is 5.73. The van der Waals surface area contributed by atoms with Crippen molar-refractivity contribution in [3.8, 4) is 5.75 Å². The lowest BCUT2D eigenvalue weighted by molar-refractivity contribution is -0.385. The zero-order valence-corrected chi connectivity index (χ0v) is 10.3. The van der Waals surface area contributed by atoms with Crippen LogP contribution in [0.1, 0.15) is 12.5 Å². The first-order valence-electron chi connectivity index (χ1n) is 5.41. The van der Waals surface area contributed by atoms with Gasteiger partial charge in [-0.15, -0.1) is 13.2 Å². The number of ether oxygens (including phenoxy) is 2. The largest absolute Gasteiger partial charge is 0.573 e. The van der Waals surface area contributed by atoms with Crippen LogP contribution in [0.15, 0.2) is 18.2 Å². The number of rotatable bonds is 5. The van der Waals surface area contributed by atoms with Gasteiger partial charge in [0.25, 0.3) is 5.69 Å². The van der Waals surface area contributed by atoms with Crippen molar-refractivity contribution in [1.82, 2.24) is 0 Å². The molecule has 0 saturated carbocycles. The molecular weight excluding hydrogens is 283 g/mol. The number of nitro benzene ring substituents is 1. The van der Waals surface area contributed by atoms with Crippen LogP contribution in [0.2, 0.25) is 0 Å². The van der Waals surface area contributed by atoms with E-state index in [0.717, 1.165) is 12.1 Å². The third kappa shape index (κ3) is 5.12. The van der Waals surface area contributed by atoms with Crippen LogP contribution in [0, 0.1) is 10.1 Å². The van der Waals surface area contributed by atoms with E-state index in [2.05, 4.69) is 9.47 Å². The molecule has 0 aromatic heterocycles. The summed E-state index contributed by atoms with van der Waals surface area (Å²) in [7, 11) is 0. The number of non-ortho nitro benzene ring substituents is 1. The molecule has 20 heavy (non-hydrogen) atoms. The molecule has 0 spiro atoms. The van der Waals surface area contributed by atoms with E-state index < -0.39 is 28.7 Å². The van der Waals surface area contributed by atoms with Crippen LogP contribution in [-0.4, -0.2) is 23.9 Å². The number of nitrogens with zero attached hydrogens (tertiary/aromatic N) is 1. The van der Waals surface area contributed by atoms with Crippen molar-refractivity contribution >= 4 is 11.7 Å². The fraction of sp³-hybridized carbons (Fsp3) is 0.364. The first kappa shape index (κ1) is 15.7. The Kier molecular flexibility index (Phi) is 4.89. The number of benzene rings is 1. The van der Waals surface area contributed by atoms with Crippen LogP contribution in [0.5, 0.6) is 5.75 Å². The molecule has 0 fully saturated rings. The summed E-state index contributed by atoms with van der Waals surface area (Å²) in [6.45, 7) is 1.66. The number of esters is 1. The second-order valence-corrected chi connectivity index (χ2v) is 3.62. The van der Waals surface area contributed by atoms with Gasteiger partial charge in [0.05, 0.1) is 24.0 Å². The van der Waals surface area contributed by atoms with Crippen molar-refractivity contribution in [2.75, 3.05) is 6.61 Å². The minimum Gasteiger partial charge on any atom is -0.466 e. The van der Waals surface area contributed by atoms with Gasteiger partial charge in [-0.1, -0.05) is 0 Å². The Hall–Kier alpha value is -2.32. The van der Waals surface area contributed by atoms with Crippen molar-refractivity contribution in [2.24, 2.45) is 0 Å². The van der Waals surface area contributed by atoms with E-state index in [1.807, 2.05) is 0 Å². The van der Waals surface area contributed by atoms with E-state index in [9.17, 15) is 28.1 Å². The number of hydrogen-bond acceptors (Lipinski definition) is 5. The van der Waals surface area contributed by atoms with Gasteiger partial charge in [0.1, 0.15) is 5.75 Å². The molecule has 0 aliphatic rings. The number of alkyl halides is 3. The number of hydrogen-bond donors (Lipinski definition) is 0. The standard InChI is InChI=1S/C11H10F3NO5/c1-2-19-10(16)5-7-3-8(15(17)18)6-9(4-7)20-11(12,13)14/h3-4,6H,2,5H2,1H3. The van der Waals surface area contributed by atoms with E-state index in [1.54, 1.807) is 6.92 Å². The molecule has 0 aliphatic carbocycles. The Morgan fingerprint density at radius 1 is 1.35 bits per heavy atom. The summed E-state index contributed by atoms with van der Waals surface area (Å²) in [6, 6.07) is 2.51. The van der Waals surface area contributed by atoms with Crippen LogP contribution in [0.4, 0.5) is 18.9 Å². The Bertz CT molecular complexity index is 515. The fourth-order valence-corrected chi connectivity index (χ4v) is 1.42. The second kappa shape index (κ2) is 6.22. The monoisotopic (exact) mass is 293 g/mol. The predicted octanol–water partition coefficient (Wildman–Crippen LogP) is 2.60. The van der Waals surface area contributed by atoms with Gasteiger partial charge in [0.15, 0.2) is 0 Å². The summed E-state index contributed by atoms with van der Waals surface area (Å²) in [4.78, 5) is 21.0. The lowest BCUT2D eigenvalue weighted by atomic mass is 10.1. The Morgan fingerprint density at radius 2 is 2.00 bits per heavy atom. The number of nitro groups is 1. The van der Waals surface area contributed by atoms with Gasteiger partial charge in [-0.25, -0.2) is 0 Å². The SMILES string of the molecule is CCOC(=O)Cc1cc(OC(F)(F)F)cc([N+](=O)[O-])c1. The molecule has 6 nitrogen and oxygen atoms in total. The number of carbonyl (C=O) groups is 1. The highest BCUT2D eigenvalue weighted by atomic mass is 19.4. The summed E-state index contributed by atoms with van der Waals surface area (Å²) >= 11 is 0. The third-order valence-corrected chi connectivity index (χ3v) is 2.05. The molecule has 1 aromatic carbocycles. The zero-order valence-electron chi connectivity index (χ0n) is 10.3. The Labute approximate surface area is 111 Å². The van der Waals surface area contributed by atoms with Gasteiger partial charge in [0.2, 0.25) is 0 Å². The van der Waals surface area contributed by atoms with Gasteiger partial charge >= 0.3 is 12.3 Å². The molecule has 0 aliphatic heterocycles. The maximum atomic E-state index is 12.1.